The maximum Gasteiger partial charge on any atom is 0.253 e. The van der Waals surface area contributed by atoms with E-state index >= 15 is 0 Å². The molecule has 2 aromatic carbocycles. The van der Waals surface area contributed by atoms with Crippen molar-refractivity contribution in [1.82, 2.24) is 4.90 Å². The summed E-state index contributed by atoms with van der Waals surface area (Å²) < 4.78 is 13.6. The van der Waals surface area contributed by atoms with Gasteiger partial charge in [0.05, 0.1) is 4.58 Å². The highest BCUT2D eigenvalue weighted by atomic mass is 32.2. The van der Waals surface area contributed by atoms with E-state index in [1.54, 1.807) is 0 Å². The number of halogens is 1. The van der Waals surface area contributed by atoms with Gasteiger partial charge in [-0.25, -0.2) is 4.39 Å². The third-order valence-corrected chi connectivity index (χ3v) is 8.80. The van der Waals surface area contributed by atoms with Crippen LogP contribution in [0.3, 0.4) is 0 Å². The third-order valence-electron chi connectivity index (χ3n) is 5.78. The first-order valence-electron chi connectivity index (χ1n) is 10.2. The number of anilines is 1. The van der Waals surface area contributed by atoms with Gasteiger partial charge in [0, 0.05) is 37.4 Å². The van der Waals surface area contributed by atoms with Crippen LogP contribution in [-0.2, 0) is 0 Å². The smallest absolute Gasteiger partial charge is 0.253 e. The van der Waals surface area contributed by atoms with E-state index in [0.29, 0.717) is 4.58 Å². The van der Waals surface area contributed by atoms with Crippen molar-refractivity contribution in [2.75, 3.05) is 36.5 Å². The summed E-state index contributed by atoms with van der Waals surface area (Å²) in [5.74, 6) is 2.33. The SMILES string of the molecule is CN(C(=O)c1ccc(C2SCCCS2)cc1)C1CCN(c2ccc(F)cc2)CC1. The second-order valence-corrected chi connectivity index (χ2v) is 10.4. The molecule has 0 unspecified atom stereocenters. The van der Waals surface area contributed by atoms with Gasteiger partial charge in [-0.3, -0.25) is 4.79 Å². The van der Waals surface area contributed by atoms with Crippen LogP contribution in [-0.4, -0.2) is 48.5 Å². The zero-order valence-corrected chi connectivity index (χ0v) is 18.4. The molecule has 2 saturated heterocycles. The number of hydrogen-bond acceptors (Lipinski definition) is 4. The van der Waals surface area contributed by atoms with E-state index in [1.807, 2.05) is 59.7 Å². The molecule has 6 heteroatoms. The Bertz CT molecular complexity index is 814. The highest BCUT2D eigenvalue weighted by Crippen LogP contribution is 2.43. The third kappa shape index (κ3) is 4.92. The number of carbonyl (C=O) groups excluding carboxylic acids is 1. The van der Waals surface area contributed by atoms with Crippen LogP contribution in [0.5, 0.6) is 0 Å². The van der Waals surface area contributed by atoms with Crippen LogP contribution < -0.4 is 4.90 Å². The summed E-state index contributed by atoms with van der Waals surface area (Å²) >= 11 is 4.00. The maximum atomic E-state index is 13.1. The van der Waals surface area contributed by atoms with Gasteiger partial charge >= 0.3 is 0 Å². The van der Waals surface area contributed by atoms with Crippen molar-refractivity contribution in [3.05, 3.63) is 65.5 Å². The Hall–Kier alpha value is -1.66. The molecule has 2 fully saturated rings. The monoisotopic (exact) mass is 430 g/mol. The summed E-state index contributed by atoms with van der Waals surface area (Å²) in [4.78, 5) is 17.2. The number of nitrogens with zero attached hydrogens (tertiary/aromatic N) is 2. The number of carbonyl (C=O) groups is 1. The highest BCUT2D eigenvalue weighted by Gasteiger charge is 2.26. The minimum Gasteiger partial charge on any atom is -0.371 e. The molecule has 4 rings (SSSR count). The van der Waals surface area contributed by atoms with Crippen molar-refractivity contribution in [2.24, 2.45) is 0 Å². The molecule has 0 saturated carbocycles. The molecule has 3 nitrogen and oxygen atoms in total. The van der Waals surface area contributed by atoms with Gasteiger partial charge in [-0.2, -0.15) is 0 Å². The first-order valence-corrected chi connectivity index (χ1v) is 12.3. The molecule has 29 heavy (non-hydrogen) atoms. The zero-order chi connectivity index (χ0) is 20.2. The van der Waals surface area contributed by atoms with Crippen LogP contribution in [0.4, 0.5) is 10.1 Å². The van der Waals surface area contributed by atoms with Crippen LogP contribution in [0.1, 0.15) is 39.8 Å². The molecule has 0 bridgehead atoms. The largest absolute Gasteiger partial charge is 0.371 e. The lowest BCUT2D eigenvalue weighted by Gasteiger charge is -2.38. The predicted molar refractivity (Wildman–Crippen MR) is 122 cm³/mol. The minimum atomic E-state index is -0.208. The van der Waals surface area contributed by atoms with Crippen LogP contribution in [0.25, 0.3) is 0 Å². The topological polar surface area (TPSA) is 23.6 Å². The van der Waals surface area contributed by atoms with Crippen LogP contribution >= 0.6 is 23.5 Å². The molecule has 154 valence electrons. The summed E-state index contributed by atoms with van der Waals surface area (Å²) in [5, 5.41) is 0. The van der Waals surface area contributed by atoms with Gasteiger partial charge < -0.3 is 9.80 Å². The van der Waals surface area contributed by atoms with E-state index in [9.17, 15) is 9.18 Å². The lowest BCUT2D eigenvalue weighted by Crippen LogP contribution is -2.45. The van der Waals surface area contributed by atoms with Crippen molar-refractivity contribution < 1.29 is 9.18 Å². The van der Waals surface area contributed by atoms with Crippen molar-refractivity contribution in [3.63, 3.8) is 0 Å². The number of benzene rings is 2. The van der Waals surface area contributed by atoms with Gasteiger partial charge in [0.2, 0.25) is 0 Å². The normalized spacial score (nSPS) is 18.6. The molecule has 0 N–H and O–H groups in total. The molecule has 2 aliphatic rings. The number of thioether (sulfide) groups is 2. The van der Waals surface area contributed by atoms with Crippen LogP contribution in [0, 0.1) is 5.82 Å². The van der Waals surface area contributed by atoms with Crippen molar-refractivity contribution in [2.45, 2.75) is 29.9 Å². The molecule has 0 spiro atoms. The van der Waals surface area contributed by atoms with E-state index in [1.165, 1.54) is 35.6 Å². The molecular formula is C23H27FN2OS2. The van der Waals surface area contributed by atoms with E-state index in [0.717, 1.165) is 37.2 Å². The standard InChI is InChI=1S/C23H27FN2OS2/c1-25(20-11-13-26(14-12-20)21-9-7-19(24)8-10-21)22(27)17-3-5-18(6-4-17)23-28-15-2-16-29-23/h3-10,20,23H,2,11-16H2,1H3. The number of amides is 1. The Labute approximate surface area is 181 Å². The van der Waals surface area contributed by atoms with Gasteiger partial charge in [0.15, 0.2) is 0 Å². The number of rotatable bonds is 4. The Balaban J connectivity index is 1.34. The van der Waals surface area contributed by atoms with Crippen LogP contribution in [0.15, 0.2) is 48.5 Å². The molecule has 0 aromatic heterocycles. The zero-order valence-electron chi connectivity index (χ0n) is 16.7. The number of piperidine rings is 1. The van der Waals surface area contributed by atoms with E-state index in [4.69, 9.17) is 0 Å². The second-order valence-electron chi connectivity index (χ2n) is 7.66. The Morgan fingerprint density at radius 1 is 1.00 bits per heavy atom. The fourth-order valence-corrected chi connectivity index (χ4v) is 6.89. The fraction of sp³-hybridized carbons (Fsp3) is 0.435. The molecule has 0 atom stereocenters. The number of hydrogen-bond donors (Lipinski definition) is 0. The van der Waals surface area contributed by atoms with Crippen molar-refractivity contribution in [3.8, 4) is 0 Å². The van der Waals surface area contributed by atoms with Crippen molar-refractivity contribution >= 4 is 35.1 Å². The van der Waals surface area contributed by atoms with E-state index in [-0.39, 0.29) is 17.8 Å². The molecule has 1 amide bonds. The average Bonchev–Trinajstić information content (AvgIpc) is 2.79. The van der Waals surface area contributed by atoms with Crippen LogP contribution in [0.2, 0.25) is 0 Å². The molecule has 2 heterocycles. The molecule has 0 radical (unpaired) electrons. The average molecular weight is 431 g/mol. The highest BCUT2D eigenvalue weighted by molar-refractivity contribution is 8.16. The van der Waals surface area contributed by atoms with E-state index < -0.39 is 0 Å². The summed E-state index contributed by atoms with van der Waals surface area (Å²) in [7, 11) is 1.92. The molecule has 0 aliphatic carbocycles. The maximum absolute atomic E-state index is 13.1. The van der Waals surface area contributed by atoms with Gasteiger partial charge in [0.1, 0.15) is 5.82 Å². The quantitative estimate of drug-likeness (QED) is 0.645. The Morgan fingerprint density at radius 3 is 2.24 bits per heavy atom. The predicted octanol–water partition coefficient (Wildman–Crippen LogP) is 5.44. The lowest BCUT2D eigenvalue weighted by atomic mass is 10.0. The minimum absolute atomic E-state index is 0.0979. The van der Waals surface area contributed by atoms with Crippen molar-refractivity contribution in [1.29, 1.82) is 0 Å². The molecule has 2 aromatic rings. The summed E-state index contributed by atoms with van der Waals surface area (Å²) in [6, 6.07) is 15.1. The van der Waals surface area contributed by atoms with Gasteiger partial charge in [-0.05, 0) is 72.7 Å². The molecular weight excluding hydrogens is 403 g/mol. The first kappa shape index (κ1) is 20.6. The van der Waals surface area contributed by atoms with Gasteiger partial charge in [-0.15, -0.1) is 23.5 Å². The summed E-state index contributed by atoms with van der Waals surface area (Å²) in [6.07, 6.45) is 3.13. The fourth-order valence-electron chi connectivity index (χ4n) is 4.00. The van der Waals surface area contributed by atoms with Gasteiger partial charge in [-0.1, -0.05) is 12.1 Å². The van der Waals surface area contributed by atoms with E-state index in [2.05, 4.69) is 17.0 Å². The molecule has 2 aliphatic heterocycles. The second kappa shape index (κ2) is 9.43. The summed E-state index contributed by atoms with van der Waals surface area (Å²) in [5.41, 5.74) is 3.13. The Morgan fingerprint density at radius 2 is 1.62 bits per heavy atom. The summed E-state index contributed by atoms with van der Waals surface area (Å²) in [6.45, 7) is 1.76. The first-order chi connectivity index (χ1) is 14.1. The lowest BCUT2D eigenvalue weighted by molar-refractivity contribution is 0.0709. The van der Waals surface area contributed by atoms with Gasteiger partial charge in [0.25, 0.3) is 5.91 Å². The Kier molecular flexibility index (Phi) is 6.70.